The smallest absolute Gasteiger partial charge is 0.168 e. The van der Waals surface area contributed by atoms with Gasteiger partial charge in [-0.25, -0.2) is 13.8 Å². The van der Waals surface area contributed by atoms with Crippen molar-refractivity contribution in [3.8, 4) is 0 Å². The molecule has 0 aliphatic heterocycles. The lowest BCUT2D eigenvalue weighted by Gasteiger charge is -2.12. The highest BCUT2D eigenvalue weighted by atomic mass is 79.9. The van der Waals surface area contributed by atoms with E-state index in [2.05, 4.69) is 52.6 Å². The number of rotatable bonds is 8. The molecule has 1 aliphatic rings. The Bertz CT molecular complexity index is 1380. The van der Waals surface area contributed by atoms with Crippen LogP contribution in [0.2, 0.25) is 0 Å². The highest BCUT2D eigenvalue weighted by molar-refractivity contribution is 9.10. The van der Waals surface area contributed by atoms with Gasteiger partial charge in [-0.1, -0.05) is 44.0 Å². The van der Waals surface area contributed by atoms with Crippen LogP contribution >= 0.6 is 31.9 Å². The van der Waals surface area contributed by atoms with Crippen molar-refractivity contribution in [1.82, 2.24) is 14.6 Å². The fourth-order valence-corrected chi connectivity index (χ4v) is 4.41. The summed E-state index contributed by atoms with van der Waals surface area (Å²) in [6, 6.07) is 11.5. The van der Waals surface area contributed by atoms with Gasteiger partial charge in [-0.3, -0.25) is 4.99 Å². The Balaban J connectivity index is 1.41. The predicted molar refractivity (Wildman–Crippen MR) is 136 cm³/mol. The molecule has 0 unspecified atom stereocenters. The molecular weight excluding hydrogens is 570 g/mol. The third kappa shape index (κ3) is 5.28. The lowest BCUT2D eigenvalue weighted by molar-refractivity contribution is 0.625. The summed E-state index contributed by atoms with van der Waals surface area (Å²) in [7, 11) is 0. The zero-order valence-electron chi connectivity index (χ0n) is 17.9. The topological polar surface area (TPSA) is 66.6 Å². The fraction of sp³-hybridized carbons (Fsp3) is 0.208. The average Bonchev–Trinajstić information content (AvgIpc) is 3.52. The molecule has 1 fully saturated rings. The van der Waals surface area contributed by atoms with E-state index in [9.17, 15) is 8.78 Å². The van der Waals surface area contributed by atoms with E-state index in [1.807, 2.05) is 6.07 Å². The van der Waals surface area contributed by atoms with Gasteiger partial charge in [0.2, 0.25) is 0 Å². The third-order valence-corrected chi connectivity index (χ3v) is 6.89. The zero-order valence-corrected chi connectivity index (χ0v) is 21.1. The van der Waals surface area contributed by atoms with Crippen molar-refractivity contribution in [2.75, 3.05) is 10.6 Å². The molecule has 4 aromatic rings. The maximum atomic E-state index is 13.4. The van der Waals surface area contributed by atoms with Crippen molar-refractivity contribution in [3.05, 3.63) is 85.9 Å². The molecule has 10 heteroatoms. The molecule has 5 rings (SSSR count). The van der Waals surface area contributed by atoms with Crippen molar-refractivity contribution >= 4 is 55.4 Å². The van der Waals surface area contributed by atoms with Crippen molar-refractivity contribution in [2.24, 2.45) is 4.99 Å². The number of halogens is 4. The van der Waals surface area contributed by atoms with Gasteiger partial charge in [0.1, 0.15) is 23.3 Å². The van der Waals surface area contributed by atoms with Crippen molar-refractivity contribution < 1.29 is 8.78 Å². The molecule has 6 nitrogen and oxygen atoms in total. The monoisotopic (exact) mass is 588 g/mol. The van der Waals surface area contributed by atoms with Gasteiger partial charge in [-0.15, -0.1) is 0 Å². The Hall–Kier alpha value is -2.85. The van der Waals surface area contributed by atoms with E-state index in [0.717, 1.165) is 35.3 Å². The first-order chi connectivity index (χ1) is 16.5. The van der Waals surface area contributed by atoms with E-state index in [1.165, 1.54) is 24.3 Å². The molecule has 0 saturated heterocycles. The van der Waals surface area contributed by atoms with Crippen LogP contribution in [-0.2, 0) is 13.1 Å². The first-order valence-electron chi connectivity index (χ1n) is 10.7. The molecule has 0 amide bonds. The van der Waals surface area contributed by atoms with E-state index in [1.54, 1.807) is 29.1 Å². The van der Waals surface area contributed by atoms with Gasteiger partial charge in [0.15, 0.2) is 5.65 Å². The van der Waals surface area contributed by atoms with Gasteiger partial charge in [-0.2, -0.15) is 9.61 Å². The van der Waals surface area contributed by atoms with Crippen molar-refractivity contribution in [3.63, 3.8) is 0 Å². The molecule has 34 heavy (non-hydrogen) atoms. The second-order valence-electron chi connectivity index (χ2n) is 8.08. The molecular formula is C24H20Br2F2N6. The van der Waals surface area contributed by atoms with E-state index < -0.39 is 0 Å². The second kappa shape index (κ2) is 9.79. The summed E-state index contributed by atoms with van der Waals surface area (Å²) in [6.07, 6.45) is 5.70. The minimum Gasteiger partial charge on any atom is -0.367 e. The number of benzene rings is 2. The van der Waals surface area contributed by atoms with Crippen LogP contribution in [0.1, 0.15) is 29.5 Å². The molecule has 2 aromatic carbocycles. The van der Waals surface area contributed by atoms with Crippen molar-refractivity contribution in [1.29, 1.82) is 0 Å². The van der Waals surface area contributed by atoms with E-state index in [-0.39, 0.29) is 11.6 Å². The van der Waals surface area contributed by atoms with E-state index in [4.69, 9.17) is 4.98 Å². The van der Waals surface area contributed by atoms with Gasteiger partial charge in [-0.05, 0) is 48.2 Å². The van der Waals surface area contributed by atoms with Gasteiger partial charge < -0.3 is 10.6 Å². The predicted octanol–water partition coefficient (Wildman–Crippen LogP) is 6.34. The second-order valence-corrected chi connectivity index (χ2v) is 9.78. The molecule has 0 radical (unpaired) electrons. The Kier molecular flexibility index (Phi) is 6.60. The average molecular weight is 590 g/mol. The highest BCUT2D eigenvalue weighted by Crippen LogP contribution is 2.27. The molecule has 2 N–H and O–H groups in total. The first-order valence-corrected chi connectivity index (χ1v) is 12.3. The summed E-state index contributed by atoms with van der Waals surface area (Å²) in [6.45, 7) is 0.866. The molecule has 2 heterocycles. The van der Waals surface area contributed by atoms with Crippen LogP contribution in [0, 0.1) is 11.6 Å². The zero-order chi connectivity index (χ0) is 23.7. The molecule has 0 bridgehead atoms. The lowest BCUT2D eigenvalue weighted by atomic mass is 10.2. The Labute approximate surface area is 211 Å². The lowest BCUT2D eigenvalue weighted by Crippen LogP contribution is -2.10. The van der Waals surface area contributed by atoms with Crippen LogP contribution in [0.4, 0.5) is 20.4 Å². The standard InChI is InChI=1S/C24H20Br2F2N6/c25-20-7-17(27)3-1-14(20)10-29-11-16-13-31-34-23(32-19-5-6-19)9-22(33-24(16)34)30-12-15-2-4-18(28)8-21(15)26/h1-4,7-9,11,13,19,32H,5-6,10,12H2,(H,30,33). The number of aromatic nitrogens is 3. The Morgan fingerprint density at radius 1 is 1.03 bits per heavy atom. The number of hydrogen-bond acceptors (Lipinski definition) is 5. The third-order valence-electron chi connectivity index (χ3n) is 5.41. The summed E-state index contributed by atoms with van der Waals surface area (Å²) >= 11 is 6.79. The van der Waals surface area contributed by atoms with Crippen LogP contribution in [0.25, 0.3) is 5.65 Å². The molecule has 174 valence electrons. The van der Waals surface area contributed by atoms with E-state index >= 15 is 0 Å². The van der Waals surface area contributed by atoms with Gasteiger partial charge in [0.25, 0.3) is 0 Å². The fourth-order valence-electron chi connectivity index (χ4n) is 3.44. The molecule has 2 aromatic heterocycles. The summed E-state index contributed by atoms with van der Waals surface area (Å²) in [5.41, 5.74) is 3.22. The molecule has 0 atom stereocenters. The number of anilines is 2. The normalized spacial score (nSPS) is 13.6. The van der Waals surface area contributed by atoms with Gasteiger partial charge in [0, 0.05) is 33.8 Å². The van der Waals surface area contributed by atoms with Crippen LogP contribution in [-0.4, -0.2) is 26.9 Å². The summed E-state index contributed by atoms with van der Waals surface area (Å²) in [5.74, 6) is 0.925. The number of aliphatic imine (C=N–C) groups is 1. The molecule has 1 saturated carbocycles. The van der Waals surface area contributed by atoms with Crippen LogP contribution in [0.5, 0.6) is 0 Å². The van der Waals surface area contributed by atoms with E-state index in [0.29, 0.717) is 39.5 Å². The quantitative estimate of drug-likeness (QED) is 0.235. The number of fused-ring (bicyclic) bond motifs is 1. The molecule has 1 aliphatic carbocycles. The minimum atomic E-state index is -0.296. The highest BCUT2D eigenvalue weighted by Gasteiger charge is 2.23. The largest absolute Gasteiger partial charge is 0.367 e. The number of nitrogens with zero attached hydrogens (tertiary/aromatic N) is 4. The summed E-state index contributed by atoms with van der Waals surface area (Å²) < 4.78 is 29.9. The van der Waals surface area contributed by atoms with Crippen LogP contribution in [0.3, 0.4) is 0 Å². The Morgan fingerprint density at radius 3 is 2.41 bits per heavy atom. The maximum Gasteiger partial charge on any atom is 0.168 e. The maximum absolute atomic E-state index is 13.4. The summed E-state index contributed by atoms with van der Waals surface area (Å²) in [4.78, 5) is 9.27. The van der Waals surface area contributed by atoms with Crippen molar-refractivity contribution in [2.45, 2.75) is 32.0 Å². The van der Waals surface area contributed by atoms with Gasteiger partial charge in [0.05, 0.1) is 18.3 Å². The number of nitrogens with one attached hydrogen (secondary N) is 2. The van der Waals surface area contributed by atoms with Crippen LogP contribution in [0.15, 0.2) is 62.6 Å². The SMILES string of the molecule is Fc1ccc(CN=Cc2cnn3c(NC4CC4)cc(NCc4ccc(F)cc4Br)nc23)c(Br)c1. The first kappa shape index (κ1) is 22.9. The number of hydrogen-bond donors (Lipinski definition) is 2. The van der Waals surface area contributed by atoms with Crippen LogP contribution < -0.4 is 10.6 Å². The minimum absolute atomic E-state index is 0.290. The van der Waals surface area contributed by atoms with Gasteiger partial charge >= 0.3 is 0 Å². The molecule has 0 spiro atoms. The Morgan fingerprint density at radius 2 is 1.74 bits per heavy atom. The summed E-state index contributed by atoms with van der Waals surface area (Å²) in [5, 5.41) is 11.3.